The molecule has 2 N–H and O–H groups in total. The van der Waals surface area contributed by atoms with Crippen LogP contribution in [0.1, 0.15) is 55.3 Å². The number of carbonyl (C=O) groups is 2. The highest BCUT2D eigenvalue weighted by atomic mass is 16.2. The van der Waals surface area contributed by atoms with Crippen molar-refractivity contribution < 1.29 is 9.59 Å². The highest BCUT2D eigenvalue weighted by Crippen LogP contribution is 2.61. The summed E-state index contributed by atoms with van der Waals surface area (Å²) in [7, 11) is 0. The average Bonchev–Trinajstić information content (AvgIpc) is 3.19. The van der Waals surface area contributed by atoms with Crippen LogP contribution in [0, 0.1) is 23.2 Å². The van der Waals surface area contributed by atoms with Crippen LogP contribution in [-0.2, 0) is 4.79 Å². The molecule has 1 heterocycles. The van der Waals surface area contributed by atoms with E-state index in [1.54, 1.807) is 24.3 Å². The lowest BCUT2D eigenvalue weighted by molar-refractivity contribution is -0.130. The summed E-state index contributed by atoms with van der Waals surface area (Å²) in [6.45, 7) is 0. The van der Waals surface area contributed by atoms with Gasteiger partial charge in [-0.25, -0.2) is 4.68 Å². The number of hydrazine groups is 1. The Hall–Kier alpha value is -2.77. The Bertz CT molecular complexity index is 841. The Morgan fingerprint density at radius 2 is 1.64 bits per heavy atom. The standard InChI is InChI=1S/C20H24N6O2/c27-18(11-20-8-13-5-14(9-20)7-15(6-13)10-20)22-23-19(28)16-1-3-17(4-2-16)26-12-21-24-25-26/h1-4,12-15H,5-11H2,(H,22,27)(H,23,28). The predicted octanol–water partition coefficient (Wildman–Crippen LogP) is 2.03. The number of amides is 2. The second-order valence-corrected chi connectivity index (χ2v) is 8.90. The number of carbonyl (C=O) groups excluding carboxylic acids is 2. The van der Waals surface area contributed by atoms with Crippen molar-refractivity contribution in [2.24, 2.45) is 23.2 Å². The summed E-state index contributed by atoms with van der Waals surface area (Å²) in [6, 6.07) is 6.86. The lowest BCUT2D eigenvalue weighted by Crippen LogP contribution is -2.50. The minimum Gasteiger partial charge on any atom is -0.273 e. The van der Waals surface area contributed by atoms with E-state index in [2.05, 4.69) is 26.4 Å². The first-order chi connectivity index (χ1) is 13.6. The van der Waals surface area contributed by atoms with Gasteiger partial charge in [-0.05, 0) is 96.4 Å². The van der Waals surface area contributed by atoms with Gasteiger partial charge in [0.1, 0.15) is 6.33 Å². The molecule has 146 valence electrons. The molecule has 4 aliphatic carbocycles. The largest absolute Gasteiger partial charge is 0.273 e. The summed E-state index contributed by atoms with van der Waals surface area (Å²) in [4.78, 5) is 24.9. The van der Waals surface area contributed by atoms with Gasteiger partial charge in [-0.3, -0.25) is 20.4 Å². The molecule has 1 aromatic heterocycles. The molecule has 8 nitrogen and oxygen atoms in total. The number of nitrogens with one attached hydrogen (secondary N) is 2. The Labute approximate surface area is 163 Å². The third-order valence-electron chi connectivity index (χ3n) is 6.76. The number of tetrazole rings is 1. The average molecular weight is 380 g/mol. The SMILES string of the molecule is O=C(CC12CC3CC(CC(C3)C1)C2)NNC(=O)c1ccc(-n2cnnn2)cc1. The van der Waals surface area contributed by atoms with E-state index in [0.717, 1.165) is 23.4 Å². The van der Waals surface area contributed by atoms with Crippen molar-refractivity contribution in [1.29, 1.82) is 0 Å². The minimum atomic E-state index is -0.331. The molecule has 0 unspecified atom stereocenters. The Morgan fingerprint density at radius 1 is 1.00 bits per heavy atom. The summed E-state index contributed by atoms with van der Waals surface area (Å²) >= 11 is 0. The molecule has 0 atom stereocenters. The summed E-state index contributed by atoms with van der Waals surface area (Å²) in [5.74, 6) is 2.02. The molecule has 1 aromatic carbocycles. The smallest absolute Gasteiger partial charge is 0.269 e. The Kier molecular flexibility index (Phi) is 4.14. The van der Waals surface area contributed by atoms with E-state index < -0.39 is 0 Å². The van der Waals surface area contributed by atoms with Crippen LogP contribution in [-0.4, -0.2) is 32.0 Å². The van der Waals surface area contributed by atoms with E-state index in [9.17, 15) is 9.59 Å². The van der Waals surface area contributed by atoms with Crippen molar-refractivity contribution >= 4 is 11.8 Å². The number of benzene rings is 1. The van der Waals surface area contributed by atoms with E-state index in [-0.39, 0.29) is 17.2 Å². The number of rotatable bonds is 4. The summed E-state index contributed by atoms with van der Waals surface area (Å²) in [5, 5.41) is 11.0. The normalized spacial score (nSPS) is 30.2. The zero-order valence-electron chi connectivity index (χ0n) is 15.7. The molecule has 4 fully saturated rings. The van der Waals surface area contributed by atoms with Gasteiger partial charge in [0, 0.05) is 12.0 Å². The Balaban J connectivity index is 1.16. The van der Waals surface area contributed by atoms with Crippen LogP contribution in [0.25, 0.3) is 5.69 Å². The molecule has 4 bridgehead atoms. The molecular formula is C20H24N6O2. The van der Waals surface area contributed by atoms with Gasteiger partial charge in [-0.15, -0.1) is 5.10 Å². The predicted molar refractivity (Wildman–Crippen MR) is 100.0 cm³/mol. The van der Waals surface area contributed by atoms with E-state index in [0.29, 0.717) is 12.0 Å². The third kappa shape index (κ3) is 3.27. The number of aromatic nitrogens is 4. The maximum atomic E-state index is 12.5. The first-order valence-electron chi connectivity index (χ1n) is 10.0. The molecular weight excluding hydrogens is 356 g/mol. The molecule has 6 rings (SSSR count). The summed E-state index contributed by atoms with van der Waals surface area (Å²) in [6.07, 6.45) is 9.63. The first-order valence-corrected chi connectivity index (χ1v) is 10.0. The van der Waals surface area contributed by atoms with Crippen LogP contribution in [0.5, 0.6) is 0 Å². The zero-order chi connectivity index (χ0) is 19.1. The van der Waals surface area contributed by atoms with Gasteiger partial charge in [0.2, 0.25) is 5.91 Å². The maximum absolute atomic E-state index is 12.5. The van der Waals surface area contributed by atoms with Crippen LogP contribution in [0.15, 0.2) is 30.6 Å². The van der Waals surface area contributed by atoms with Gasteiger partial charge >= 0.3 is 0 Å². The van der Waals surface area contributed by atoms with E-state index >= 15 is 0 Å². The highest BCUT2D eigenvalue weighted by molar-refractivity contribution is 5.95. The monoisotopic (exact) mass is 380 g/mol. The lowest BCUT2D eigenvalue weighted by atomic mass is 9.49. The fourth-order valence-electron chi connectivity index (χ4n) is 6.14. The van der Waals surface area contributed by atoms with Crippen molar-refractivity contribution in [1.82, 2.24) is 31.1 Å². The highest BCUT2D eigenvalue weighted by Gasteiger charge is 2.51. The van der Waals surface area contributed by atoms with Gasteiger partial charge in [0.25, 0.3) is 5.91 Å². The van der Waals surface area contributed by atoms with E-state index in [4.69, 9.17) is 0 Å². The molecule has 8 heteroatoms. The number of nitrogens with zero attached hydrogens (tertiary/aromatic N) is 4. The van der Waals surface area contributed by atoms with E-state index in [1.165, 1.54) is 49.5 Å². The molecule has 4 aliphatic rings. The second-order valence-electron chi connectivity index (χ2n) is 8.90. The van der Waals surface area contributed by atoms with Gasteiger partial charge in [0.05, 0.1) is 5.69 Å². The van der Waals surface area contributed by atoms with Crippen LogP contribution >= 0.6 is 0 Å². The lowest BCUT2D eigenvalue weighted by Gasteiger charge is -2.56. The third-order valence-corrected chi connectivity index (χ3v) is 6.76. The fourth-order valence-corrected chi connectivity index (χ4v) is 6.14. The molecule has 2 aromatic rings. The topological polar surface area (TPSA) is 102 Å². The van der Waals surface area contributed by atoms with Crippen LogP contribution in [0.3, 0.4) is 0 Å². The van der Waals surface area contributed by atoms with E-state index in [1.807, 2.05) is 0 Å². The first kappa shape index (κ1) is 17.3. The molecule has 28 heavy (non-hydrogen) atoms. The van der Waals surface area contributed by atoms with Crippen molar-refractivity contribution in [3.63, 3.8) is 0 Å². The molecule has 0 aliphatic heterocycles. The summed E-state index contributed by atoms with van der Waals surface area (Å²) in [5.41, 5.74) is 6.56. The minimum absolute atomic E-state index is 0.0828. The van der Waals surface area contributed by atoms with Crippen LogP contribution < -0.4 is 10.9 Å². The van der Waals surface area contributed by atoms with Crippen LogP contribution in [0.2, 0.25) is 0 Å². The van der Waals surface area contributed by atoms with Crippen molar-refractivity contribution in [3.8, 4) is 5.69 Å². The van der Waals surface area contributed by atoms with Gasteiger partial charge in [-0.2, -0.15) is 0 Å². The second kappa shape index (κ2) is 6.68. The molecule has 0 saturated heterocycles. The zero-order valence-corrected chi connectivity index (χ0v) is 15.7. The number of hydrogen-bond donors (Lipinski definition) is 2. The number of hydrogen-bond acceptors (Lipinski definition) is 5. The molecule has 0 radical (unpaired) electrons. The van der Waals surface area contributed by atoms with Gasteiger partial charge < -0.3 is 0 Å². The quantitative estimate of drug-likeness (QED) is 0.790. The maximum Gasteiger partial charge on any atom is 0.269 e. The van der Waals surface area contributed by atoms with Gasteiger partial charge in [0.15, 0.2) is 0 Å². The fraction of sp³-hybridized carbons (Fsp3) is 0.550. The van der Waals surface area contributed by atoms with Crippen LogP contribution in [0.4, 0.5) is 0 Å². The van der Waals surface area contributed by atoms with Crippen molar-refractivity contribution in [2.45, 2.75) is 44.9 Å². The summed E-state index contributed by atoms with van der Waals surface area (Å²) < 4.78 is 1.51. The molecule has 4 saturated carbocycles. The molecule has 2 amide bonds. The Morgan fingerprint density at radius 3 is 2.21 bits per heavy atom. The van der Waals surface area contributed by atoms with Crippen molar-refractivity contribution in [3.05, 3.63) is 36.2 Å². The van der Waals surface area contributed by atoms with Crippen molar-refractivity contribution in [2.75, 3.05) is 0 Å². The molecule has 0 spiro atoms. The van der Waals surface area contributed by atoms with Gasteiger partial charge in [-0.1, -0.05) is 0 Å².